The predicted octanol–water partition coefficient (Wildman–Crippen LogP) is 6.47. The summed E-state index contributed by atoms with van der Waals surface area (Å²) in [6.45, 7) is 7.02. The molecule has 1 amide bonds. The Hall–Kier alpha value is -3.06. The van der Waals surface area contributed by atoms with Gasteiger partial charge in [0.05, 0.1) is 21.6 Å². The Morgan fingerprint density at radius 1 is 1.21 bits per heavy atom. The lowest BCUT2D eigenvalue weighted by Gasteiger charge is -2.39. The number of carbonyl (C=O) groups excluding carboxylic acids is 1. The van der Waals surface area contributed by atoms with Crippen LogP contribution in [0.4, 0.5) is 5.69 Å². The molecule has 2 bridgehead atoms. The zero-order valence-electron chi connectivity index (χ0n) is 19.7. The van der Waals surface area contributed by atoms with E-state index in [4.69, 9.17) is 4.98 Å². The van der Waals surface area contributed by atoms with Gasteiger partial charge in [0, 0.05) is 18.2 Å². The van der Waals surface area contributed by atoms with Gasteiger partial charge in [-0.05, 0) is 77.5 Å². The number of thiazole rings is 1. The molecule has 3 unspecified atom stereocenters. The van der Waals surface area contributed by atoms with Crippen LogP contribution in [-0.4, -0.2) is 21.9 Å². The quantitative estimate of drug-likeness (QED) is 0.327. The smallest absolute Gasteiger partial charge is 0.269 e. The summed E-state index contributed by atoms with van der Waals surface area (Å²) in [6.07, 6.45) is 5.57. The maximum absolute atomic E-state index is 13.3. The van der Waals surface area contributed by atoms with Gasteiger partial charge in [-0.3, -0.25) is 14.9 Å². The van der Waals surface area contributed by atoms with Crippen LogP contribution in [0.15, 0.2) is 48.5 Å². The van der Waals surface area contributed by atoms with Crippen LogP contribution < -0.4 is 5.32 Å². The molecule has 2 aliphatic carbocycles. The van der Waals surface area contributed by atoms with Crippen LogP contribution >= 0.6 is 11.3 Å². The van der Waals surface area contributed by atoms with E-state index in [9.17, 15) is 14.9 Å². The second-order valence-corrected chi connectivity index (χ2v) is 11.4. The SMILES string of the molecule is CC1(C)C2CCC1(C)C(NC(=O)C/C(=C\c1ccc([N+](=O)[O-])cc1)c1nc3ccccc3s1)C2. The van der Waals surface area contributed by atoms with Gasteiger partial charge in [-0.2, -0.15) is 0 Å². The third-order valence-electron chi connectivity index (χ3n) is 8.49. The van der Waals surface area contributed by atoms with Crippen molar-refractivity contribution in [3.63, 3.8) is 0 Å². The number of para-hydroxylation sites is 1. The van der Waals surface area contributed by atoms with E-state index in [1.54, 1.807) is 23.5 Å². The molecule has 2 fully saturated rings. The van der Waals surface area contributed by atoms with Crippen molar-refractivity contribution >= 4 is 44.8 Å². The largest absolute Gasteiger partial charge is 0.353 e. The number of nitrogens with zero attached hydrogens (tertiary/aromatic N) is 2. The first kappa shape index (κ1) is 22.7. The van der Waals surface area contributed by atoms with Crippen molar-refractivity contribution in [2.75, 3.05) is 0 Å². The molecular weight excluding hydrogens is 446 g/mol. The molecule has 34 heavy (non-hydrogen) atoms. The number of carbonyl (C=O) groups is 1. The van der Waals surface area contributed by atoms with Crippen molar-refractivity contribution in [3.8, 4) is 0 Å². The molecule has 2 aromatic carbocycles. The molecule has 1 aromatic heterocycles. The molecule has 3 aromatic rings. The molecule has 1 N–H and O–H groups in total. The third kappa shape index (κ3) is 3.82. The number of nitro groups is 1. The molecule has 2 saturated carbocycles. The molecule has 0 radical (unpaired) electrons. The van der Waals surface area contributed by atoms with Gasteiger partial charge in [-0.15, -0.1) is 11.3 Å². The summed E-state index contributed by atoms with van der Waals surface area (Å²) in [7, 11) is 0. The van der Waals surface area contributed by atoms with Crippen molar-refractivity contribution in [1.82, 2.24) is 10.3 Å². The molecule has 0 aliphatic heterocycles. The van der Waals surface area contributed by atoms with E-state index >= 15 is 0 Å². The third-order valence-corrected chi connectivity index (χ3v) is 9.61. The maximum Gasteiger partial charge on any atom is 0.269 e. The summed E-state index contributed by atoms with van der Waals surface area (Å²) in [5.41, 5.74) is 2.92. The number of hydrogen-bond donors (Lipinski definition) is 1. The molecule has 1 heterocycles. The van der Waals surface area contributed by atoms with E-state index in [1.807, 2.05) is 30.3 Å². The molecule has 6 nitrogen and oxygen atoms in total. The van der Waals surface area contributed by atoms with E-state index in [1.165, 1.54) is 18.6 Å². The summed E-state index contributed by atoms with van der Waals surface area (Å²) in [5, 5.41) is 15.2. The standard InChI is InChI=1S/C27H29N3O3S/c1-26(2)19-12-13-27(26,3)23(16-19)29-24(31)15-18(14-17-8-10-20(11-9-17)30(32)33)25-28-21-6-4-5-7-22(21)34-25/h4-11,14,19,23H,12-13,15-16H2,1-3H3,(H,29,31)/b18-14+. The second-order valence-electron chi connectivity index (χ2n) is 10.4. The molecule has 5 rings (SSSR count). The minimum Gasteiger partial charge on any atom is -0.353 e. The average Bonchev–Trinajstić information content (AvgIpc) is 3.38. The summed E-state index contributed by atoms with van der Waals surface area (Å²) in [5.74, 6) is 0.657. The molecular formula is C27H29N3O3S. The van der Waals surface area contributed by atoms with E-state index in [-0.39, 0.29) is 34.9 Å². The van der Waals surface area contributed by atoms with Crippen LogP contribution in [-0.2, 0) is 4.79 Å². The lowest BCUT2D eigenvalue weighted by molar-refractivity contribution is -0.384. The number of fused-ring (bicyclic) bond motifs is 3. The van der Waals surface area contributed by atoms with Crippen LogP contribution in [0.1, 0.15) is 57.0 Å². The number of nitrogens with one attached hydrogen (secondary N) is 1. The lowest BCUT2D eigenvalue weighted by atomic mass is 9.69. The summed E-state index contributed by atoms with van der Waals surface area (Å²) in [4.78, 5) is 28.7. The van der Waals surface area contributed by atoms with Crippen LogP contribution in [0.25, 0.3) is 21.9 Å². The van der Waals surface area contributed by atoms with E-state index < -0.39 is 4.92 Å². The van der Waals surface area contributed by atoms with Gasteiger partial charge in [-0.1, -0.05) is 32.9 Å². The van der Waals surface area contributed by atoms with E-state index in [0.29, 0.717) is 5.92 Å². The van der Waals surface area contributed by atoms with Crippen LogP contribution in [0.2, 0.25) is 0 Å². The number of aromatic nitrogens is 1. The van der Waals surface area contributed by atoms with Crippen LogP contribution in [0, 0.1) is 26.9 Å². The Labute approximate surface area is 203 Å². The lowest BCUT2D eigenvalue weighted by Crippen LogP contribution is -2.46. The normalized spacial score (nSPS) is 25.6. The first-order valence-electron chi connectivity index (χ1n) is 11.8. The number of nitro benzene ring substituents is 1. The summed E-state index contributed by atoms with van der Waals surface area (Å²) in [6, 6.07) is 14.5. The first-order chi connectivity index (χ1) is 16.2. The molecule has 176 valence electrons. The van der Waals surface area contributed by atoms with Gasteiger partial charge in [0.1, 0.15) is 5.01 Å². The minimum absolute atomic E-state index is 0.00185. The van der Waals surface area contributed by atoms with Crippen molar-refractivity contribution in [3.05, 3.63) is 69.2 Å². The average molecular weight is 476 g/mol. The zero-order valence-corrected chi connectivity index (χ0v) is 20.5. The van der Waals surface area contributed by atoms with Gasteiger partial charge < -0.3 is 5.32 Å². The molecule has 2 aliphatic rings. The first-order valence-corrected chi connectivity index (χ1v) is 12.6. The fraction of sp³-hybridized carbons (Fsp3) is 0.407. The van der Waals surface area contributed by atoms with Crippen molar-refractivity contribution in [1.29, 1.82) is 0 Å². The highest BCUT2D eigenvalue weighted by atomic mass is 32.1. The highest BCUT2D eigenvalue weighted by molar-refractivity contribution is 7.19. The molecule has 3 atom stereocenters. The molecule has 0 saturated heterocycles. The van der Waals surface area contributed by atoms with Gasteiger partial charge in [0.15, 0.2) is 0 Å². The van der Waals surface area contributed by atoms with Crippen LogP contribution in [0.5, 0.6) is 0 Å². The fourth-order valence-electron chi connectivity index (χ4n) is 5.93. The Kier molecular flexibility index (Phi) is 5.55. The predicted molar refractivity (Wildman–Crippen MR) is 136 cm³/mol. The molecule has 0 spiro atoms. The Morgan fingerprint density at radius 3 is 2.56 bits per heavy atom. The monoisotopic (exact) mass is 475 g/mol. The number of amides is 1. The second kappa shape index (κ2) is 8.31. The van der Waals surface area contributed by atoms with Gasteiger partial charge >= 0.3 is 0 Å². The Balaban J connectivity index is 1.42. The van der Waals surface area contributed by atoms with Gasteiger partial charge in [0.25, 0.3) is 5.69 Å². The van der Waals surface area contributed by atoms with E-state index in [2.05, 4.69) is 26.1 Å². The summed E-state index contributed by atoms with van der Waals surface area (Å²) < 4.78 is 1.06. The van der Waals surface area contributed by atoms with Crippen LogP contribution in [0.3, 0.4) is 0 Å². The van der Waals surface area contributed by atoms with Crippen molar-refractivity contribution in [2.45, 2.75) is 52.5 Å². The summed E-state index contributed by atoms with van der Waals surface area (Å²) >= 11 is 1.56. The highest BCUT2D eigenvalue weighted by Gasteiger charge is 2.61. The molecule has 7 heteroatoms. The van der Waals surface area contributed by atoms with Gasteiger partial charge in [-0.25, -0.2) is 4.98 Å². The Bertz CT molecular complexity index is 1260. The minimum atomic E-state index is -0.410. The van der Waals surface area contributed by atoms with Gasteiger partial charge in [0.2, 0.25) is 5.91 Å². The van der Waals surface area contributed by atoms with Crippen molar-refractivity contribution in [2.24, 2.45) is 16.7 Å². The maximum atomic E-state index is 13.3. The highest BCUT2D eigenvalue weighted by Crippen LogP contribution is 2.65. The van der Waals surface area contributed by atoms with Crippen molar-refractivity contribution < 1.29 is 9.72 Å². The number of hydrogen-bond acceptors (Lipinski definition) is 5. The fourth-order valence-corrected chi connectivity index (χ4v) is 6.91. The number of rotatable bonds is 6. The number of benzene rings is 2. The topological polar surface area (TPSA) is 85.1 Å². The Morgan fingerprint density at radius 2 is 1.94 bits per heavy atom. The number of non-ortho nitro benzene ring substituents is 1. The zero-order chi connectivity index (χ0) is 24.1. The van der Waals surface area contributed by atoms with E-state index in [0.717, 1.165) is 39.2 Å².